The average Bonchev–Trinajstić information content (AvgIpc) is 2.20. The molecule has 5 heteroatoms. The Morgan fingerprint density at radius 1 is 1.62 bits per heavy atom. The molecule has 16 heavy (non-hydrogen) atoms. The van der Waals surface area contributed by atoms with Crippen molar-refractivity contribution in [1.29, 1.82) is 0 Å². The fraction of sp³-hybridized carbons (Fsp3) is 0.364. The topological polar surface area (TPSA) is 46.5 Å². The lowest BCUT2D eigenvalue weighted by atomic mass is 10.0. The molecule has 0 aliphatic carbocycles. The highest BCUT2D eigenvalue weighted by atomic mass is 35.5. The maximum atomic E-state index is 12.9. The van der Waals surface area contributed by atoms with Gasteiger partial charge >= 0.3 is 5.97 Å². The standard InChI is InChI=1S/C11H12ClFO3/c1-7-6-8(13)2-3-9(7)10(11(14)15)16-5-4-12/h2-3,6,10H,4-5H2,1H3,(H,14,15). The van der Waals surface area contributed by atoms with Gasteiger partial charge in [0.15, 0.2) is 6.10 Å². The molecule has 0 saturated heterocycles. The van der Waals surface area contributed by atoms with Crippen molar-refractivity contribution in [2.75, 3.05) is 12.5 Å². The van der Waals surface area contributed by atoms with Crippen LogP contribution in [0.15, 0.2) is 18.2 Å². The molecular weight excluding hydrogens is 235 g/mol. The normalized spacial score (nSPS) is 12.4. The summed E-state index contributed by atoms with van der Waals surface area (Å²) in [5.74, 6) is -1.30. The summed E-state index contributed by atoms with van der Waals surface area (Å²) in [6.07, 6.45) is -1.10. The van der Waals surface area contributed by atoms with Gasteiger partial charge in [0.25, 0.3) is 0 Å². The number of carboxylic acid groups (broad SMARTS) is 1. The van der Waals surface area contributed by atoms with Gasteiger partial charge in [0, 0.05) is 5.88 Å². The summed E-state index contributed by atoms with van der Waals surface area (Å²) in [5, 5.41) is 8.99. The number of hydrogen-bond donors (Lipinski definition) is 1. The van der Waals surface area contributed by atoms with Crippen LogP contribution in [0.2, 0.25) is 0 Å². The fourth-order valence-corrected chi connectivity index (χ4v) is 1.48. The van der Waals surface area contributed by atoms with Crippen LogP contribution in [0.1, 0.15) is 17.2 Å². The minimum atomic E-state index is -1.11. The van der Waals surface area contributed by atoms with Crippen molar-refractivity contribution in [3.63, 3.8) is 0 Å². The zero-order valence-corrected chi connectivity index (χ0v) is 9.50. The van der Waals surface area contributed by atoms with Crippen LogP contribution in [0, 0.1) is 12.7 Å². The first kappa shape index (κ1) is 12.9. The molecule has 1 aromatic carbocycles. The third-order valence-electron chi connectivity index (χ3n) is 2.10. The highest BCUT2D eigenvalue weighted by Gasteiger charge is 2.22. The second-order valence-electron chi connectivity index (χ2n) is 3.28. The summed E-state index contributed by atoms with van der Waals surface area (Å²) >= 11 is 5.42. The van der Waals surface area contributed by atoms with Gasteiger partial charge in [-0.3, -0.25) is 0 Å². The number of benzene rings is 1. The maximum Gasteiger partial charge on any atom is 0.337 e. The Kier molecular flexibility index (Phi) is 4.71. The van der Waals surface area contributed by atoms with Crippen LogP contribution in [-0.2, 0) is 9.53 Å². The molecule has 0 saturated carbocycles. The van der Waals surface area contributed by atoms with Crippen molar-refractivity contribution < 1.29 is 19.0 Å². The molecule has 1 N–H and O–H groups in total. The first-order chi connectivity index (χ1) is 7.56. The van der Waals surface area contributed by atoms with E-state index in [2.05, 4.69) is 0 Å². The van der Waals surface area contributed by atoms with E-state index in [-0.39, 0.29) is 12.5 Å². The quantitative estimate of drug-likeness (QED) is 0.812. The molecule has 0 heterocycles. The van der Waals surface area contributed by atoms with E-state index in [0.29, 0.717) is 11.1 Å². The van der Waals surface area contributed by atoms with Crippen LogP contribution in [0.3, 0.4) is 0 Å². The molecule has 0 spiro atoms. The Morgan fingerprint density at radius 3 is 2.81 bits per heavy atom. The molecule has 1 aromatic rings. The van der Waals surface area contributed by atoms with Crippen LogP contribution in [-0.4, -0.2) is 23.6 Å². The number of aryl methyl sites for hydroxylation is 1. The molecule has 0 radical (unpaired) electrons. The van der Waals surface area contributed by atoms with Gasteiger partial charge in [-0.15, -0.1) is 11.6 Å². The molecule has 3 nitrogen and oxygen atoms in total. The van der Waals surface area contributed by atoms with E-state index in [0.717, 1.165) is 0 Å². The van der Waals surface area contributed by atoms with Crippen LogP contribution in [0.4, 0.5) is 4.39 Å². The van der Waals surface area contributed by atoms with Crippen LogP contribution >= 0.6 is 11.6 Å². The summed E-state index contributed by atoms with van der Waals surface area (Å²) < 4.78 is 18.0. The number of carbonyl (C=O) groups is 1. The summed E-state index contributed by atoms with van der Waals surface area (Å²) in [5.41, 5.74) is 0.987. The lowest BCUT2D eigenvalue weighted by Gasteiger charge is -2.15. The molecule has 1 unspecified atom stereocenters. The molecular formula is C11H12ClFO3. The van der Waals surface area contributed by atoms with Gasteiger partial charge in [-0.2, -0.15) is 0 Å². The van der Waals surface area contributed by atoms with Gasteiger partial charge in [-0.25, -0.2) is 9.18 Å². The molecule has 0 aliphatic rings. The van der Waals surface area contributed by atoms with Gasteiger partial charge in [-0.05, 0) is 30.2 Å². The van der Waals surface area contributed by atoms with Gasteiger partial charge < -0.3 is 9.84 Å². The Bertz CT molecular complexity index is 381. The first-order valence-electron chi connectivity index (χ1n) is 4.72. The summed E-state index contributed by atoms with van der Waals surface area (Å²) in [6, 6.07) is 3.90. The highest BCUT2D eigenvalue weighted by Crippen LogP contribution is 2.22. The Labute approximate surface area is 97.8 Å². The third kappa shape index (κ3) is 3.18. The molecule has 0 fully saturated rings. The number of halogens is 2. The van der Waals surface area contributed by atoms with Crippen molar-refractivity contribution in [2.24, 2.45) is 0 Å². The van der Waals surface area contributed by atoms with Gasteiger partial charge in [-0.1, -0.05) is 6.07 Å². The molecule has 0 bridgehead atoms. The van der Waals surface area contributed by atoms with Gasteiger partial charge in [0.05, 0.1) is 6.61 Å². The zero-order chi connectivity index (χ0) is 12.1. The minimum Gasteiger partial charge on any atom is -0.479 e. The fourth-order valence-electron chi connectivity index (χ4n) is 1.39. The van der Waals surface area contributed by atoms with Crippen LogP contribution in [0.25, 0.3) is 0 Å². The van der Waals surface area contributed by atoms with Crippen molar-refractivity contribution in [3.05, 3.63) is 35.1 Å². The Balaban J connectivity index is 2.96. The number of hydrogen-bond acceptors (Lipinski definition) is 2. The number of carboxylic acids is 1. The van der Waals surface area contributed by atoms with Crippen molar-refractivity contribution in [3.8, 4) is 0 Å². The third-order valence-corrected chi connectivity index (χ3v) is 2.25. The summed E-state index contributed by atoms with van der Waals surface area (Å²) in [4.78, 5) is 11.0. The molecule has 1 rings (SSSR count). The van der Waals surface area contributed by atoms with Gasteiger partial charge in [0.2, 0.25) is 0 Å². The summed E-state index contributed by atoms with van der Waals surface area (Å²) in [6.45, 7) is 1.77. The number of rotatable bonds is 5. The van der Waals surface area contributed by atoms with Crippen molar-refractivity contribution in [1.82, 2.24) is 0 Å². The molecule has 0 aliphatic heterocycles. The highest BCUT2D eigenvalue weighted by molar-refractivity contribution is 6.17. The first-order valence-corrected chi connectivity index (χ1v) is 5.26. The SMILES string of the molecule is Cc1cc(F)ccc1C(OCCCl)C(=O)O. The van der Waals surface area contributed by atoms with E-state index < -0.39 is 17.9 Å². The molecule has 88 valence electrons. The van der Waals surface area contributed by atoms with E-state index in [9.17, 15) is 9.18 Å². The zero-order valence-electron chi connectivity index (χ0n) is 8.74. The summed E-state index contributed by atoms with van der Waals surface area (Å²) in [7, 11) is 0. The number of alkyl halides is 1. The lowest BCUT2D eigenvalue weighted by molar-refractivity contribution is -0.150. The van der Waals surface area contributed by atoms with E-state index in [1.807, 2.05) is 0 Å². The molecule has 0 aromatic heterocycles. The number of aliphatic carboxylic acids is 1. The molecule has 0 amide bonds. The smallest absolute Gasteiger partial charge is 0.337 e. The monoisotopic (exact) mass is 246 g/mol. The second kappa shape index (κ2) is 5.82. The van der Waals surface area contributed by atoms with Crippen molar-refractivity contribution in [2.45, 2.75) is 13.0 Å². The van der Waals surface area contributed by atoms with E-state index in [1.165, 1.54) is 18.2 Å². The van der Waals surface area contributed by atoms with E-state index in [1.54, 1.807) is 6.92 Å². The minimum absolute atomic E-state index is 0.134. The van der Waals surface area contributed by atoms with Gasteiger partial charge in [0.1, 0.15) is 5.82 Å². The Morgan fingerprint density at radius 2 is 2.31 bits per heavy atom. The van der Waals surface area contributed by atoms with Crippen LogP contribution < -0.4 is 0 Å². The molecule has 1 atom stereocenters. The predicted octanol–water partition coefficient (Wildman–Crippen LogP) is 2.52. The van der Waals surface area contributed by atoms with E-state index >= 15 is 0 Å². The largest absolute Gasteiger partial charge is 0.479 e. The second-order valence-corrected chi connectivity index (χ2v) is 3.66. The van der Waals surface area contributed by atoms with Crippen LogP contribution in [0.5, 0.6) is 0 Å². The number of ether oxygens (including phenoxy) is 1. The predicted molar refractivity (Wildman–Crippen MR) is 58.2 cm³/mol. The van der Waals surface area contributed by atoms with E-state index in [4.69, 9.17) is 21.4 Å². The maximum absolute atomic E-state index is 12.9. The van der Waals surface area contributed by atoms with Crippen molar-refractivity contribution >= 4 is 17.6 Å². The Hall–Kier alpha value is -1.13. The average molecular weight is 247 g/mol. The lowest BCUT2D eigenvalue weighted by Crippen LogP contribution is -2.17.